The molecule has 4 rings (SSSR count). The summed E-state index contributed by atoms with van der Waals surface area (Å²) >= 11 is 0. The molecule has 0 amide bonds. The number of methoxy groups -OCH3 is 1. The van der Waals surface area contributed by atoms with Crippen molar-refractivity contribution in [1.82, 2.24) is 0 Å². The molecule has 0 saturated carbocycles. The summed E-state index contributed by atoms with van der Waals surface area (Å²) in [7, 11) is 1.57. The van der Waals surface area contributed by atoms with Crippen molar-refractivity contribution in [2.75, 3.05) is 7.11 Å². The highest BCUT2D eigenvalue weighted by Crippen LogP contribution is 2.30. The van der Waals surface area contributed by atoms with E-state index < -0.39 is 11.9 Å². The number of carboxylic acids is 2. The number of carbonyl (C=O) groups is 2. The fourth-order valence-electron chi connectivity index (χ4n) is 3.48. The zero-order chi connectivity index (χ0) is 23.8. The highest BCUT2D eigenvalue weighted by Gasteiger charge is 2.11. The molecule has 0 unspecified atom stereocenters. The van der Waals surface area contributed by atoms with E-state index in [4.69, 9.17) is 14.9 Å². The van der Waals surface area contributed by atoms with Crippen LogP contribution in [0.4, 0.5) is 0 Å². The highest BCUT2D eigenvalue weighted by atomic mass is 16.5. The Morgan fingerprint density at radius 2 is 1.24 bits per heavy atom. The first-order valence-electron chi connectivity index (χ1n) is 10.3. The summed E-state index contributed by atoms with van der Waals surface area (Å²) < 4.78 is 5.24. The van der Waals surface area contributed by atoms with Crippen molar-refractivity contribution in [3.63, 3.8) is 0 Å². The lowest BCUT2D eigenvalue weighted by Gasteiger charge is -2.09. The monoisotopic (exact) mass is 440 g/mol. The van der Waals surface area contributed by atoms with Crippen molar-refractivity contribution >= 4 is 11.9 Å². The van der Waals surface area contributed by atoms with Crippen LogP contribution in [0, 0.1) is 6.92 Å². The summed E-state index contributed by atoms with van der Waals surface area (Å²) in [6, 6.07) is 29.5. The first-order chi connectivity index (χ1) is 15.9. The van der Waals surface area contributed by atoms with Gasteiger partial charge in [-0.2, -0.15) is 0 Å². The van der Waals surface area contributed by atoms with Crippen LogP contribution in [-0.2, 0) is 0 Å². The quantitative estimate of drug-likeness (QED) is 0.374. The molecule has 5 nitrogen and oxygen atoms in total. The number of carboxylic acid groups (broad SMARTS) is 2. The Labute approximate surface area is 192 Å². The molecule has 0 aliphatic carbocycles. The van der Waals surface area contributed by atoms with Gasteiger partial charge in [-0.3, -0.25) is 0 Å². The van der Waals surface area contributed by atoms with Gasteiger partial charge < -0.3 is 14.9 Å². The third-order valence-corrected chi connectivity index (χ3v) is 5.18. The molecule has 0 spiro atoms. The van der Waals surface area contributed by atoms with Gasteiger partial charge in [-0.05, 0) is 53.4 Å². The fourth-order valence-corrected chi connectivity index (χ4v) is 3.48. The zero-order valence-electron chi connectivity index (χ0n) is 18.4. The molecule has 0 radical (unpaired) electrons. The van der Waals surface area contributed by atoms with E-state index in [1.807, 2.05) is 73.7 Å². The van der Waals surface area contributed by atoms with Gasteiger partial charge >= 0.3 is 11.9 Å². The summed E-state index contributed by atoms with van der Waals surface area (Å²) in [5, 5.41) is 18.0. The Hall–Kier alpha value is -4.38. The Bertz CT molecular complexity index is 1250. The lowest BCUT2D eigenvalue weighted by atomic mass is 9.97. The van der Waals surface area contributed by atoms with Crippen LogP contribution in [-0.4, -0.2) is 29.3 Å². The molecular weight excluding hydrogens is 416 g/mol. The Balaban J connectivity index is 0.000000186. The maximum Gasteiger partial charge on any atom is 0.335 e. The molecule has 5 heteroatoms. The van der Waals surface area contributed by atoms with Crippen LogP contribution < -0.4 is 4.74 Å². The smallest absolute Gasteiger partial charge is 0.335 e. The minimum atomic E-state index is -0.940. The van der Waals surface area contributed by atoms with Gasteiger partial charge in [-0.25, -0.2) is 9.59 Å². The predicted molar refractivity (Wildman–Crippen MR) is 129 cm³/mol. The van der Waals surface area contributed by atoms with Crippen molar-refractivity contribution in [3.05, 3.63) is 114 Å². The second kappa shape index (κ2) is 10.8. The Kier molecular flexibility index (Phi) is 7.60. The average Bonchev–Trinajstić information content (AvgIpc) is 2.85. The molecule has 0 aliphatic rings. The van der Waals surface area contributed by atoms with Gasteiger partial charge in [0.15, 0.2) is 0 Å². The van der Waals surface area contributed by atoms with Gasteiger partial charge in [0.2, 0.25) is 0 Å². The summed E-state index contributed by atoms with van der Waals surface area (Å²) in [4.78, 5) is 21.9. The number of hydrogen-bond donors (Lipinski definition) is 2. The third kappa shape index (κ3) is 5.66. The van der Waals surface area contributed by atoms with Gasteiger partial charge in [0.05, 0.1) is 18.2 Å². The fraction of sp³-hybridized carbons (Fsp3) is 0.0714. The maximum atomic E-state index is 11.0. The minimum absolute atomic E-state index is 0.254. The molecule has 0 atom stereocenters. The van der Waals surface area contributed by atoms with E-state index in [1.54, 1.807) is 31.4 Å². The molecule has 0 heterocycles. The van der Waals surface area contributed by atoms with Gasteiger partial charge in [0.1, 0.15) is 5.75 Å². The molecule has 0 fully saturated rings. The third-order valence-electron chi connectivity index (χ3n) is 5.18. The number of aromatic carboxylic acids is 2. The number of hydrogen-bond acceptors (Lipinski definition) is 3. The molecule has 0 saturated heterocycles. The molecule has 4 aromatic carbocycles. The van der Waals surface area contributed by atoms with Crippen molar-refractivity contribution in [2.45, 2.75) is 6.92 Å². The van der Waals surface area contributed by atoms with E-state index >= 15 is 0 Å². The maximum absolute atomic E-state index is 11.0. The summed E-state index contributed by atoms with van der Waals surface area (Å²) in [5.74, 6) is -1.15. The minimum Gasteiger partial charge on any atom is -0.496 e. The predicted octanol–water partition coefficient (Wildman–Crippen LogP) is 6.42. The molecule has 0 bridgehead atoms. The van der Waals surface area contributed by atoms with Gasteiger partial charge in [-0.15, -0.1) is 0 Å². The van der Waals surface area contributed by atoms with E-state index in [1.165, 1.54) is 6.07 Å². The van der Waals surface area contributed by atoms with E-state index in [-0.39, 0.29) is 5.56 Å². The van der Waals surface area contributed by atoms with Crippen LogP contribution in [0.5, 0.6) is 5.75 Å². The largest absolute Gasteiger partial charge is 0.496 e. The molecule has 2 N–H and O–H groups in total. The average molecular weight is 440 g/mol. The SMILES string of the molecule is COc1ccc(C(=O)O)cc1-c1ccccc1.Cc1c(C(=O)O)cccc1-c1ccccc1. The van der Waals surface area contributed by atoms with Gasteiger partial charge in [-0.1, -0.05) is 72.8 Å². The van der Waals surface area contributed by atoms with E-state index in [0.29, 0.717) is 11.3 Å². The summed E-state index contributed by atoms with van der Waals surface area (Å²) in [6.07, 6.45) is 0. The van der Waals surface area contributed by atoms with Crippen molar-refractivity contribution in [3.8, 4) is 28.0 Å². The molecule has 33 heavy (non-hydrogen) atoms. The van der Waals surface area contributed by atoms with Crippen LogP contribution in [0.1, 0.15) is 26.3 Å². The van der Waals surface area contributed by atoms with Crippen molar-refractivity contribution < 1.29 is 24.5 Å². The second-order valence-corrected chi connectivity index (χ2v) is 7.24. The molecule has 4 aromatic rings. The van der Waals surface area contributed by atoms with Gasteiger partial charge in [0, 0.05) is 5.56 Å². The first kappa shape index (κ1) is 23.3. The van der Waals surface area contributed by atoms with Crippen LogP contribution >= 0.6 is 0 Å². The number of ether oxygens (including phenoxy) is 1. The first-order valence-corrected chi connectivity index (χ1v) is 10.3. The Morgan fingerprint density at radius 1 is 0.667 bits per heavy atom. The summed E-state index contributed by atoms with van der Waals surface area (Å²) in [6.45, 7) is 1.84. The highest BCUT2D eigenvalue weighted by molar-refractivity contribution is 5.92. The molecule has 166 valence electrons. The van der Waals surface area contributed by atoms with Crippen LogP contribution in [0.3, 0.4) is 0 Å². The normalized spacial score (nSPS) is 10.0. The lowest BCUT2D eigenvalue weighted by molar-refractivity contribution is 0.0685. The molecular formula is C28H24O5. The molecule has 0 aliphatic heterocycles. The van der Waals surface area contributed by atoms with Crippen molar-refractivity contribution in [1.29, 1.82) is 0 Å². The molecule has 0 aromatic heterocycles. The second-order valence-electron chi connectivity index (χ2n) is 7.24. The van der Waals surface area contributed by atoms with E-state index in [0.717, 1.165) is 27.8 Å². The standard InChI is InChI=1S/C14H12O3.C14H12O2/c1-17-13-8-7-11(14(15)16)9-12(13)10-5-3-2-4-6-10;1-10-12(11-6-3-2-4-7-11)8-5-9-13(10)14(15)16/h2-9H,1H3,(H,15,16);2-9H,1H3,(H,15,16). The topological polar surface area (TPSA) is 83.8 Å². The summed E-state index contributed by atoms with van der Waals surface area (Å²) in [5.41, 5.74) is 5.16. The van der Waals surface area contributed by atoms with Crippen molar-refractivity contribution in [2.24, 2.45) is 0 Å². The lowest BCUT2D eigenvalue weighted by Crippen LogP contribution is -2.00. The van der Waals surface area contributed by atoms with Crippen LogP contribution in [0.15, 0.2) is 97.1 Å². The van der Waals surface area contributed by atoms with Gasteiger partial charge in [0.25, 0.3) is 0 Å². The van der Waals surface area contributed by atoms with Crippen LogP contribution in [0.2, 0.25) is 0 Å². The van der Waals surface area contributed by atoms with E-state index in [2.05, 4.69) is 0 Å². The van der Waals surface area contributed by atoms with E-state index in [9.17, 15) is 9.59 Å². The zero-order valence-corrected chi connectivity index (χ0v) is 18.4. The number of benzene rings is 4. The number of rotatable bonds is 5. The Morgan fingerprint density at radius 3 is 1.76 bits per heavy atom. The van der Waals surface area contributed by atoms with Crippen LogP contribution in [0.25, 0.3) is 22.3 Å².